The highest BCUT2D eigenvalue weighted by Crippen LogP contribution is 2.62. The predicted octanol–water partition coefficient (Wildman–Crippen LogP) is 8.19. The summed E-state index contributed by atoms with van der Waals surface area (Å²) in [5.41, 5.74) is 13.6. The van der Waals surface area contributed by atoms with E-state index < -0.39 is 18.3 Å². The summed E-state index contributed by atoms with van der Waals surface area (Å²) in [6.45, 7) is 3.05. The van der Waals surface area contributed by atoms with Crippen molar-refractivity contribution in [2.45, 2.75) is 133 Å². The number of fused-ring (bicyclic) bond motifs is 1. The van der Waals surface area contributed by atoms with Crippen molar-refractivity contribution in [1.29, 1.82) is 0 Å². The molecule has 5 aliphatic rings. The number of aryl methyl sites for hydroxylation is 3. The van der Waals surface area contributed by atoms with E-state index in [9.17, 15) is 25.5 Å². The first-order chi connectivity index (χ1) is 29.6. The van der Waals surface area contributed by atoms with Crippen molar-refractivity contribution in [3.05, 3.63) is 124 Å². The molecule has 4 aromatic rings. The Morgan fingerprint density at radius 2 is 1.85 bits per heavy atom. The summed E-state index contributed by atoms with van der Waals surface area (Å²) >= 11 is 0. The van der Waals surface area contributed by atoms with Crippen molar-refractivity contribution in [2.75, 3.05) is 19.7 Å². The van der Waals surface area contributed by atoms with Gasteiger partial charge in [0.1, 0.15) is 24.2 Å². The Kier molecular flexibility index (Phi) is 13.9. The molecule has 9 rings (SSSR count). The summed E-state index contributed by atoms with van der Waals surface area (Å²) in [5, 5.41) is 56.6. The number of phenols is 1. The molecule has 0 aliphatic heterocycles. The normalized spacial score (nSPS) is 25.2. The lowest BCUT2D eigenvalue weighted by molar-refractivity contribution is 0.103. The number of furan rings is 1. The van der Waals surface area contributed by atoms with Gasteiger partial charge in [0.2, 0.25) is 0 Å². The van der Waals surface area contributed by atoms with Gasteiger partial charge in [-0.05, 0) is 110 Å². The number of ether oxygens (including phenoxy) is 1. The second-order valence-electron chi connectivity index (χ2n) is 18.5. The van der Waals surface area contributed by atoms with Crippen molar-refractivity contribution in [3.63, 3.8) is 0 Å². The third-order valence-corrected chi connectivity index (χ3v) is 14.3. The molecule has 328 valence electrons. The Labute approximate surface area is 360 Å². The van der Waals surface area contributed by atoms with Gasteiger partial charge >= 0.3 is 0 Å². The Balaban J connectivity index is 0.798. The first-order valence-corrected chi connectivity index (χ1v) is 23.0. The SMILES string of the molecule is CC(O)CNCC1c2cc(C(O)COc3cc(CCc4cc(CO)c(CCCCCCC(N)CC5C=Cc6ccccc6C5O)o4)ccc3O)[nH]c2C2C=CC13CCCC3C2. The zero-order valence-electron chi connectivity index (χ0n) is 35.8. The molecule has 9 unspecified atom stereocenters. The van der Waals surface area contributed by atoms with Crippen molar-refractivity contribution < 1.29 is 34.7 Å². The Hall–Kier alpha value is -4.16. The van der Waals surface area contributed by atoms with Crippen LogP contribution >= 0.6 is 0 Å². The van der Waals surface area contributed by atoms with Crippen LogP contribution in [0.3, 0.4) is 0 Å². The van der Waals surface area contributed by atoms with Gasteiger partial charge in [-0.1, -0.05) is 80.3 Å². The van der Waals surface area contributed by atoms with Gasteiger partial charge in [0.25, 0.3) is 0 Å². The summed E-state index contributed by atoms with van der Waals surface area (Å²) in [6.07, 6.45) is 19.9. The Bertz CT molecular complexity index is 2140. The minimum Gasteiger partial charge on any atom is -0.504 e. The van der Waals surface area contributed by atoms with Gasteiger partial charge in [-0.15, -0.1) is 0 Å². The van der Waals surface area contributed by atoms with Crippen molar-refractivity contribution in [2.24, 2.45) is 23.0 Å². The minimum absolute atomic E-state index is 0.0124. The number of nitrogens with one attached hydrogen (secondary N) is 2. The molecule has 9 atom stereocenters. The summed E-state index contributed by atoms with van der Waals surface area (Å²) in [6, 6.07) is 17.5. The number of H-pyrrole nitrogens is 1. The van der Waals surface area contributed by atoms with Crippen LogP contribution in [0.1, 0.15) is 146 Å². The zero-order chi connectivity index (χ0) is 42.5. The van der Waals surface area contributed by atoms with Crippen LogP contribution in [0, 0.1) is 17.3 Å². The molecule has 2 aromatic carbocycles. The van der Waals surface area contributed by atoms with E-state index in [1.165, 1.54) is 24.1 Å². The average Bonchev–Trinajstić information content (AvgIpc) is 3.98. The highest BCUT2D eigenvalue weighted by molar-refractivity contribution is 5.57. The third-order valence-electron chi connectivity index (χ3n) is 14.3. The van der Waals surface area contributed by atoms with E-state index in [0.717, 1.165) is 104 Å². The van der Waals surface area contributed by atoms with Gasteiger partial charge in [-0.2, -0.15) is 0 Å². The number of nitrogens with two attached hydrogens (primary N) is 1. The zero-order valence-corrected chi connectivity index (χ0v) is 35.8. The maximum Gasteiger partial charge on any atom is 0.161 e. The minimum atomic E-state index is -0.908. The molecule has 61 heavy (non-hydrogen) atoms. The standard InChI is InChI=1S/C51H67N3O7/c1-32(56)28-53-29-43-42-27-44(54-49(42)35-20-22-51(43)21-8-10-38(51)24-35)46(58)31-60-48-23-33(15-19-45(48)57)14-18-40-26-37(30-55)47(61-40)13-5-3-2-4-11-39(52)25-36-17-16-34-9-6-7-12-41(34)50(36)59/h6-7,9,12,15-17,19-20,22-23,26-27,32,35-36,38-39,43,46,50,53-59H,2-5,8,10-11,13-14,18,21,24-25,28-31,52H2,1H3. The van der Waals surface area contributed by atoms with E-state index in [2.05, 4.69) is 40.7 Å². The fourth-order valence-corrected chi connectivity index (χ4v) is 11.0. The Morgan fingerprint density at radius 1 is 1.00 bits per heavy atom. The monoisotopic (exact) mass is 833 g/mol. The third kappa shape index (κ3) is 9.75. The van der Waals surface area contributed by atoms with Gasteiger partial charge in [-0.3, -0.25) is 0 Å². The number of aromatic hydroxyl groups is 1. The smallest absolute Gasteiger partial charge is 0.161 e. The maximum atomic E-state index is 11.4. The van der Waals surface area contributed by atoms with E-state index in [-0.39, 0.29) is 42.3 Å². The molecular formula is C51H67N3O7. The second-order valence-corrected chi connectivity index (χ2v) is 18.5. The number of phenolic OH excluding ortho intramolecular Hbond substituents is 1. The molecule has 2 bridgehead atoms. The molecule has 9 N–H and O–H groups in total. The molecule has 2 heterocycles. The molecule has 5 aliphatic carbocycles. The van der Waals surface area contributed by atoms with Gasteiger partial charge in [0.05, 0.1) is 18.8 Å². The highest BCUT2D eigenvalue weighted by Gasteiger charge is 2.53. The van der Waals surface area contributed by atoms with Crippen LogP contribution in [0.25, 0.3) is 6.08 Å². The number of allylic oxidation sites excluding steroid dienone is 2. The highest BCUT2D eigenvalue weighted by atomic mass is 16.5. The molecule has 1 fully saturated rings. The summed E-state index contributed by atoms with van der Waals surface area (Å²) in [7, 11) is 0. The quantitative estimate of drug-likeness (QED) is 0.0304. The van der Waals surface area contributed by atoms with E-state index in [4.69, 9.17) is 14.9 Å². The molecule has 0 saturated heterocycles. The second kappa shape index (κ2) is 19.5. The lowest BCUT2D eigenvalue weighted by Gasteiger charge is -2.41. The van der Waals surface area contributed by atoms with E-state index >= 15 is 0 Å². The predicted molar refractivity (Wildman–Crippen MR) is 238 cm³/mol. The number of hydrogen-bond donors (Lipinski definition) is 8. The molecule has 0 amide bonds. The number of rotatable bonds is 21. The lowest BCUT2D eigenvalue weighted by Crippen LogP contribution is -2.39. The molecule has 2 aromatic heterocycles. The molecule has 0 radical (unpaired) electrons. The first-order valence-electron chi connectivity index (χ1n) is 23.0. The van der Waals surface area contributed by atoms with E-state index in [0.29, 0.717) is 37.0 Å². The summed E-state index contributed by atoms with van der Waals surface area (Å²) in [4.78, 5) is 3.61. The van der Waals surface area contributed by atoms with Gasteiger partial charge < -0.3 is 50.7 Å². The van der Waals surface area contributed by atoms with Crippen LogP contribution in [0.4, 0.5) is 0 Å². The molecule has 10 heteroatoms. The van der Waals surface area contributed by atoms with Gasteiger partial charge in [0.15, 0.2) is 11.5 Å². The topological polar surface area (TPSA) is 177 Å². The van der Waals surface area contributed by atoms with Crippen LogP contribution in [0.5, 0.6) is 11.5 Å². The van der Waals surface area contributed by atoms with Crippen LogP contribution in [0.2, 0.25) is 0 Å². The largest absolute Gasteiger partial charge is 0.504 e. The molecule has 1 spiro atoms. The fourth-order valence-electron chi connectivity index (χ4n) is 11.0. The number of hydrogen-bond acceptors (Lipinski definition) is 9. The van der Waals surface area contributed by atoms with Crippen LogP contribution in [-0.4, -0.2) is 62.4 Å². The van der Waals surface area contributed by atoms with Crippen molar-refractivity contribution in [3.8, 4) is 11.5 Å². The van der Waals surface area contributed by atoms with E-state index in [1.54, 1.807) is 6.07 Å². The van der Waals surface area contributed by atoms with Gasteiger partial charge in [0, 0.05) is 66.7 Å². The summed E-state index contributed by atoms with van der Waals surface area (Å²) < 4.78 is 12.3. The molecular weight excluding hydrogens is 767 g/mol. The summed E-state index contributed by atoms with van der Waals surface area (Å²) in [5.74, 6) is 3.23. The Morgan fingerprint density at radius 3 is 2.70 bits per heavy atom. The lowest BCUT2D eigenvalue weighted by atomic mass is 9.64. The average molecular weight is 834 g/mol. The van der Waals surface area contributed by atoms with Crippen LogP contribution in [-0.2, 0) is 25.9 Å². The van der Waals surface area contributed by atoms with Crippen molar-refractivity contribution in [1.82, 2.24) is 10.3 Å². The number of aliphatic hydroxyl groups excluding tert-OH is 4. The van der Waals surface area contributed by atoms with Crippen LogP contribution < -0.4 is 15.8 Å². The van der Waals surface area contributed by atoms with Crippen LogP contribution in [0.15, 0.2) is 77.2 Å². The number of unbranched alkanes of at least 4 members (excludes halogenated alkanes) is 3. The fraction of sp³-hybridized carbons (Fsp3) is 0.529. The van der Waals surface area contributed by atoms with E-state index in [1.807, 2.05) is 49.4 Å². The molecule has 1 saturated carbocycles. The number of aliphatic hydroxyl groups is 4. The number of aromatic amines is 1. The van der Waals surface area contributed by atoms with Gasteiger partial charge in [-0.25, -0.2) is 0 Å². The van der Waals surface area contributed by atoms with Crippen molar-refractivity contribution >= 4 is 6.08 Å². The maximum absolute atomic E-state index is 11.4. The molecule has 10 nitrogen and oxygen atoms in total. The number of benzene rings is 2. The first kappa shape index (κ1) is 43.5. The number of aromatic nitrogens is 1.